The summed E-state index contributed by atoms with van der Waals surface area (Å²) in [6, 6.07) is 0. The maximum Gasteiger partial charge on any atom is 3.00 e. The zero-order valence-corrected chi connectivity index (χ0v) is 12.9. The van der Waals surface area contributed by atoms with Gasteiger partial charge in [0.1, 0.15) is 0 Å². The van der Waals surface area contributed by atoms with Gasteiger partial charge in [0.2, 0.25) is 0 Å². The zero-order valence-electron chi connectivity index (χ0n) is 5.59. The van der Waals surface area contributed by atoms with Crippen LogP contribution in [0.1, 0.15) is 0 Å². The third-order valence-corrected chi connectivity index (χ3v) is 0. The number of rotatable bonds is 0. The molecule has 0 bridgehead atoms. The summed E-state index contributed by atoms with van der Waals surface area (Å²) in [5.74, 6) is 0. The first-order chi connectivity index (χ1) is 5.20. The molecule has 0 radical (unpaired) electrons. The molecular formula is C3H3AuO3S6. The van der Waals surface area contributed by atoms with Crippen LogP contribution >= 0.6 is 37.9 Å². The van der Waals surface area contributed by atoms with Crippen LogP contribution in [0.15, 0.2) is 0 Å². The van der Waals surface area contributed by atoms with Crippen LogP contribution in [-0.2, 0) is 60.3 Å². The van der Waals surface area contributed by atoms with E-state index < -0.39 is 13.3 Å². The van der Waals surface area contributed by atoms with Crippen molar-refractivity contribution in [1.29, 1.82) is 0 Å². The quantitative estimate of drug-likeness (QED) is 0.282. The molecule has 0 aliphatic heterocycles. The Morgan fingerprint density at radius 2 is 0.692 bits per heavy atom. The van der Waals surface area contributed by atoms with Crippen molar-refractivity contribution in [1.82, 2.24) is 0 Å². The van der Waals surface area contributed by atoms with Crippen LogP contribution in [0.5, 0.6) is 0 Å². The molecule has 0 atom stereocenters. The molecule has 0 amide bonds. The number of carbonyl (C=O) groups is 3. The molecule has 0 aromatic heterocycles. The first-order valence-corrected chi connectivity index (χ1v) is 4.46. The third-order valence-electron chi connectivity index (χ3n) is 0. The van der Waals surface area contributed by atoms with E-state index in [2.05, 4.69) is 75.8 Å². The fourth-order valence-electron chi connectivity index (χ4n) is 0. The summed E-state index contributed by atoms with van der Waals surface area (Å²) in [5.41, 5.74) is 0. The molecule has 3 nitrogen and oxygen atoms in total. The van der Waals surface area contributed by atoms with Crippen molar-refractivity contribution in [2.45, 2.75) is 0 Å². The molecule has 13 heavy (non-hydrogen) atoms. The molecule has 0 aromatic rings. The average molecular weight is 476 g/mol. The van der Waals surface area contributed by atoms with Crippen molar-refractivity contribution in [2.75, 3.05) is 0 Å². The molecule has 0 N–H and O–H groups in total. The van der Waals surface area contributed by atoms with Crippen LogP contribution in [0.4, 0.5) is 14.4 Å². The minimum atomic E-state index is -0.556. The van der Waals surface area contributed by atoms with Crippen molar-refractivity contribution in [2.24, 2.45) is 0 Å². The van der Waals surface area contributed by atoms with E-state index in [0.29, 0.717) is 0 Å². The molecule has 0 fully saturated rings. The van der Waals surface area contributed by atoms with Gasteiger partial charge < -0.3 is 52.3 Å². The van der Waals surface area contributed by atoms with E-state index in [1.54, 1.807) is 0 Å². The van der Waals surface area contributed by atoms with E-state index in [0.717, 1.165) is 0 Å². The van der Waals surface area contributed by atoms with E-state index >= 15 is 0 Å². The smallest absolute Gasteiger partial charge is 0.731 e. The molecule has 0 aromatic carbocycles. The Labute approximate surface area is 125 Å². The maximum absolute atomic E-state index is 9.12. The molecule has 0 unspecified atom stereocenters. The predicted molar refractivity (Wildman–Crippen MR) is 65.2 cm³/mol. The number of carbonyl (C=O) groups excluding carboxylic acids is 3. The third kappa shape index (κ3) is 829. The number of hydrogen-bond acceptors (Lipinski definition) is 6. The molecule has 0 aliphatic rings. The summed E-state index contributed by atoms with van der Waals surface area (Å²) >= 11 is 21.0. The zero-order chi connectivity index (χ0) is 10.7. The minimum absolute atomic E-state index is 0. The normalized spacial score (nSPS) is 5.77. The second kappa shape index (κ2) is 19.1. The second-order valence-corrected chi connectivity index (χ2v) is 4.04. The molecule has 0 heterocycles. The minimum Gasteiger partial charge on any atom is -0.731 e. The van der Waals surface area contributed by atoms with Gasteiger partial charge in [-0.15, -0.1) is 37.9 Å². The molecule has 80 valence electrons. The summed E-state index contributed by atoms with van der Waals surface area (Å²) in [6.45, 7) is 0. The Balaban J connectivity index is -0.0000000450. The van der Waals surface area contributed by atoms with Gasteiger partial charge in [-0.25, -0.2) is 0 Å². The van der Waals surface area contributed by atoms with Gasteiger partial charge in [-0.05, 0) is 0 Å². The Bertz CT molecular complexity index is 121. The molecule has 0 aliphatic carbocycles. The van der Waals surface area contributed by atoms with Crippen molar-refractivity contribution in [3.05, 3.63) is 0 Å². The van der Waals surface area contributed by atoms with E-state index in [1.165, 1.54) is 0 Å². The van der Waals surface area contributed by atoms with E-state index in [9.17, 15) is 0 Å². The maximum atomic E-state index is 9.12. The Morgan fingerprint density at radius 1 is 0.692 bits per heavy atom. The number of hydrogen-bond donors (Lipinski definition) is 3. The van der Waals surface area contributed by atoms with Gasteiger partial charge in [0, 0.05) is 0 Å². The van der Waals surface area contributed by atoms with Crippen molar-refractivity contribution in [3.8, 4) is 0 Å². The first kappa shape index (κ1) is 23.9. The van der Waals surface area contributed by atoms with Gasteiger partial charge in [0.05, 0.1) is 13.3 Å². The molecule has 0 saturated heterocycles. The van der Waals surface area contributed by atoms with Gasteiger partial charge in [-0.3, -0.25) is 0 Å². The summed E-state index contributed by atoms with van der Waals surface area (Å²) < 4.78 is -1.67. The van der Waals surface area contributed by atoms with Crippen molar-refractivity contribution in [3.63, 3.8) is 0 Å². The van der Waals surface area contributed by atoms with Crippen LogP contribution in [0.25, 0.3) is 0 Å². The fraction of sp³-hybridized carbons (Fsp3) is 0. The van der Waals surface area contributed by atoms with Crippen molar-refractivity contribution >= 4 is 89.1 Å². The molecular weight excluding hydrogens is 473 g/mol. The van der Waals surface area contributed by atoms with Gasteiger partial charge in [0.15, 0.2) is 0 Å². The first-order valence-electron chi connectivity index (χ1n) is 1.90. The Kier molecular flexibility index (Phi) is 35.2. The van der Waals surface area contributed by atoms with E-state index in [4.69, 9.17) is 14.4 Å². The van der Waals surface area contributed by atoms with Gasteiger partial charge in [0.25, 0.3) is 0 Å². The summed E-state index contributed by atoms with van der Waals surface area (Å²) in [6.07, 6.45) is 0. The summed E-state index contributed by atoms with van der Waals surface area (Å²) in [7, 11) is 0. The largest absolute Gasteiger partial charge is 3.00 e. The predicted octanol–water partition coefficient (Wildman–Crippen LogP) is 1.75. The summed E-state index contributed by atoms with van der Waals surface area (Å²) in [4.78, 5) is 27.4. The van der Waals surface area contributed by atoms with Gasteiger partial charge >= 0.3 is 22.4 Å². The van der Waals surface area contributed by atoms with Crippen LogP contribution in [-0.4, -0.2) is 13.3 Å². The van der Waals surface area contributed by atoms with Crippen LogP contribution in [0.3, 0.4) is 0 Å². The number of thiol groups is 3. The molecule has 0 spiro atoms. The standard InChI is InChI=1S/3CH2OS2.Au/c3*2-1(3)4;/h3*(H2,2,3,4);/q;;;+3/p-3. The SMILES string of the molecule is O=C([S-])S.O=C([S-])S.O=C([S-])S.[Au+3]. The fourth-order valence-corrected chi connectivity index (χ4v) is 0. The van der Waals surface area contributed by atoms with Crippen LogP contribution < -0.4 is 0 Å². The van der Waals surface area contributed by atoms with Crippen LogP contribution in [0, 0.1) is 0 Å². The summed E-state index contributed by atoms with van der Waals surface area (Å²) in [5, 5.41) is 0. The van der Waals surface area contributed by atoms with E-state index in [-0.39, 0.29) is 22.4 Å². The monoisotopic (exact) mass is 476 g/mol. The molecule has 0 saturated carbocycles. The second-order valence-electron chi connectivity index (χ2n) is 0.798. The van der Waals surface area contributed by atoms with Gasteiger partial charge in [-0.1, -0.05) is 0 Å². The van der Waals surface area contributed by atoms with Crippen LogP contribution in [0.2, 0.25) is 0 Å². The van der Waals surface area contributed by atoms with Gasteiger partial charge in [-0.2, -0.15) is 0 Å². The average Bonchev–Trinajstić information content (AvgIpc) is 1.54. The molecule has 0 rings (SSSR count). The topological polar surface area (TPSA) is 51.2 Å². The van der Waals surface area contributed by atoms with E-state index in [1.807, 2.05) is 0 Å². The molecule has 10 heteroatoms. The Hall–Kier alpha value is 1.46. The Morgan fingerprint density at radius 3 is 0.692 bits per heavy atom. The van der Waals surface area contributed by atoms with Crippen molar-refractivity contribution < 1.29 is 36.8 Å².